The van der Waals surface area contributed by atoms with Crippen LogP contribution < -0.4 is 0 Å². The van der Waals surface area contributed by atoms with E-state index in [0.29, 0.717) is 23.1 Å². The number of carbonyl (C=O) groups is 1. The average molecular weight is 297 g/mol. The first-order chi connectivity index (χ1) is 10.6. The molecule has 0 aliphatic heterocycles. The summed E-state index contributed by atoms with van der Waals surface area (Å²) in [5.41, 5.74) is 2.63. The minimum Gasteiger partial charge on any atom is -0.508 e. The SMILES string of the molecule is CCCc1n[nH]c2nc(-c3ccc(O)cc3)cc(C(=O)O)c12. The van der Waals surface area contributed by atoms with E-state index in [-0.39, 0.29) is 11.3 Å². The van der Waals surface area contributed by atoms with Gasteiger partial charge < -0.3 is 10.2 Å². The van der Waals surface area contributed by atoms with Crippen LogP contribution in [0.1, 0.15) is 29.4 Å². The van der Waals surface area contributed by atoms with Crippen LogP contribution in [0.4, 0.5) is 0 Å². The van der Waals surface area contributed by atoms with Crippen molar-refractivity contribution in [1.29, 1.82) is 0 Å². The van der Waals surface area contributed by atoms with Crippen LogP contribution in [-0.2, 0) is 6.42 Å². The Bertz CT molecular complexity index is 838. The number of aryl methyl sites for hydroxylation is 1. The Balaban J connectivity index is 2.22. The molecule has 0 saturated carbocycles. The zero-order chi connectivity index (χ0) is 15.7. The lowest BCUT2D eigenvalue weighted by molar-refractivity contribution is 0.0699. The molecule has 0 amide bonds. The van der Waals surface area contributed by atoms with Crippen LogP contribution in [0.3, 0.4) is 0 Å². The Hall–Kier alpha value is -2.89. The zero-order valence-electron chi connectivity index (χ0n) is 12.0. The predicted molar refractivity (Wildman–Crippen MR) is 81.9 cm³/mol. The molecule has 112 valence electrons. The van der Waals surface area contributed by atoms with Gasteiger partial charge in [0.1, 0.15) is 5.75 Å². The monoisotopic (exact) mass is 297 g/mol. The fourth-order valence-electron chi connectivity index (χ4n) is 2.46. The molecule has 2 heterocycles. The van der Waals surface area contributed by atoms with Gasteiger partial charge in [-0.15, -0.1) is 0 Å². The van der Waals surface area contributed by atoms with E-state index in [2.05, 4.69) is 15.2 Å². The molecule has 0 saturated heterocycles. The van der Waals surface area contributed by atoms with Gasteiger partial charge >= 0.3 is 5.97 Å². The summed E-state index contributed by atoms with van der Waals surface area (Å²) in [5.74, 6) is -0.860. The lowest BCUT2D eigenvalue weighted by Gasteiger charge is -2.05. The molecule has 0 bridgehead atoms. The van der Waals surface area contributed by atoms with Gasteiger partial charge in [-0.3, -0.25) is 5.10 Å². The standard InChI is InChI=1S/C16H15N3O3/c1-2-3-12-14-11(16(21)22)8-13(17-15(14)19-18-12)9-4-6-10(20)7-5-9/h4-8,20H,2-3H2,1H3,(H,21,22)(H,17,18,19). The number of aromatic hydroxyl groups is 1. The normalized spacial score (nSPS) is 11.0. The number of carboxylic acid groups (broad SMARTS) is 1. The Morgan fingerprint density at radius 2 is 2.00 bits per heavy atom. The second-order valence-electron chi connectivity index (χ2n) is 5.05. The molecule has 0 radical (unpaired) electrons. The van der Waals surface area contributed by atoms with E-state index in [9.17, 15) is 15.0 Å². The summed E-state index contributed by atoms with van der Waals surface area (Å²) in [7, 11) is 0. The molecule has 6 heteroatoms. The summed E-state index contributed by atoms with van der Waals surface area (Å²) in [4.78, 5) is 16.1. The largest absolute Gasteiger partial charge is 0.508 e. The number of nitrogens with zero attached hydrogens (tertiary/aromatic N) is 2. The number of hydrogen-bond acceptors (Lipinski definition) is 4. The lowest BCUT2D eigenvalue weighted by atomic mass is 10.0. The smallest absolute Gasteiger partial charge is 0.336 e. The molecule has 3 aromatic rings. The molecule has 22 heavy (non-hydrogen) atoms. The molecule has 0 aliphatic rings. The molecule has 1 aromatic carbocycles. The number of hydrogen-bond donors (Lipinski definition) is 3. The quantitative estimate of drug-likeness (QED) is 0.687. The Kier molecular flexibility index (Phi) is 3.50. The second kappa shape index (κ2) is 5.48. The highest BCUT2D eigenvalue weighted by molar-refractivity contribution is 6.04. The van der Waals surface area contributed by atoms with Crippen LogP contribution in [0.5, 0.6) is 5.75 Å². The number of pyridine rings is 1. The maximum absolute atomic E-state index is 11.6. The van der Waals surface area contributed by atoms with Gasteiger partial charge in [0.2, 0.25) is 0 Å². The van der Waals surface area contributed by atoms with E-state index >= 15 is 0 Å². The van der Waals surface area contributed by atoms with Crippen molar-refractivity contribution in [2.75, 3.05) is 0 Å². The van der Waals surface area contributed by atoms with Crippen LogP contribution in [0, 0.1) is 0 Å². The lowest BCUT2D eigenvalue weighted by Crippen LogP contribution is -2.01. The number of phenolic OH excluding ortho intramolecular Hbond substituents is 1. The van der Waals surface area contributed by atoms with Crippen molar-refractivity contribution in [2.24, 2.45) is 0 Å². The van der Waals surface area contributed by atoms with Crippen molar-refractivity contribution < 1.29 is 15.0 Å². The van der Waals surface area contributed by atoms with Gasteiger partial charge in [-0.05, 0) is 36.8 Å². The van der Waals surface area contributed by atoms with E-state index in [1.54, 1.807) is 18.2 Å². The summed E-state index contributed by atoms with van der Waals surface area (Å²) >= 11 is 0. The van der Waals surface area contributed by atoms with Crippen molar-refractivity contribution in [1.82, 2.24) is 15.2 Å². The second-order valence-corrected chi connectivity index (χ2v) is 5.05. The van der Waals surface area contributed by atoms with E-state index in [1.165, 1.54) is 12.1 Å². The molecule has 0 unspecified atom stereocenters. The summed E-state index contributed by atoms with van der Waals surface area (Å²) in [6, 6.07) is 8.01. The van der Waals surface area contributed by atoms with Gasteiger partial charge in [-0.1, -0.05) is 13.3 Å². The molecule has 3 rings (SSSR count). The number of fused-ring (bicyclic) bond motifs is 1. The Morgan fingerprint density at radius 3 is 2.64 bits per heavy atom. The number of benzene rings is 1. The topological polar surface area (TPSA) is 99.1 Å². The van der Waals surface area contributed by atoms with Gasteiger partial charge in [0, 0.05) is 5.56 Å². The number of aromatic carboxylic acids is 1. The molecular weight excluding hydrogens is 282 g/mol. The van der Waals surface area contributed by atoms with Crippen LogP contribution in [0.2, 0.25) is 0 Å². The third-order valence-corrected chi connectivity index (χ3v) is 3.49. The number of nitrogens with one attached hydrogen (secondary N) is 1. The number of rotatable bonds is 4. The van der Waals surface area contributed by atoms with Gasteiger partial charge in [0.05, 0.1) is 22.3 Å². The first kappa shape index (κ1) is 14.1. The number of H-pyrrole nitrogens is 1. The van der Waals surface area contributed by atoms with Crippen LogP contribution >= 0.6 is 0 Å². The van der Waals surface area contributed by atoms with Crippen molar-refractivity contribution in [3.8, 4) is 17.0 Å². The Morgan fingerprint density at radius 1 is 1.27 bits per heavy atom. The molecule has 3 N–H and O–H groups in total. The third-order valence-electron chi connectivity index (χ3n) is 3.49. The van der Waals surface area contributed by atoms with Crippen molar-refractivity contribution in [3.63, 3.8) is 0 Å². The van der Waals surface area contributed by atoms with Gasteiger partial charge in [-0.2, -0.15) is 5.10 Å². The van der Waals surface area contributed by atoms with E-state index in [4.69, 9.17) is 0 Å². The highest BCUT2D eigenvalue weighted by atomic mass is 16.4. The minimum absolute atomic E-state index is 0.148. The molecule has 0 aliphatic carbocycles. The summed E-state index contributed by atoms with van der Waals surface area (Å²) in [5, 5.41) is 26.4. The fourth-order valence-corrected chi connectivity index (χ4v) is 2.46. The minimum atomic E-state index is -1.01. The number of aromatic amines is 1. The summed E-state index contributed by atoms with van der Waals surface area (Å²) in [6.07, 6.45) is 1.57. The van der Waals surface area contributed by atoms with Gasteiger partial charge in [0.15, 0.2) is 5.65 Å². The summed E-state index contributed by atoms with van der Waals surface area (Å²) < 4.78 is 0. The van der Waals surface area contributed by atoms with Crippen LogP contribution in [0.15, 0.2) is 30.3 Å². The zero-order valence-corrected chi connectivity index (χ0v) is 12.0. The first-order valence-corrected chi connectivity index (χ1v) is 7.01. The molecule has 0 fully saturated rings. The molecule has 0 spiro atoms. The average Bonchev–Trinajstić information content (AvgIpc) is 2.90. The van der Waals surface area contributed by atoms with Gasteiger partial charge in [0.25, 0.3) is 0 Å². The van der Waals surface area contributed by atoms with Crippen LogP contribution in [-0.4, -0.2) is 31.4 Å². The van der Waals surface area contributed by atoms with Crippen molar-refractivity contribution >= 4 is 17.0 Å². The van der Waals surface area contributed by atoms with E-state index in [1.807, 2.05) is 6.92 Å². The number of carboxylic acids is 1. The summed E-state index contributed by atoms with van der Waals surface area (Å²) in [6.45, 7) is 2.01. The van der Waals surface area contributed by atoms with E-state index < -0.39 is 5.97 Å². The fraction of sp³-hybridized carbons (Fsp3) is 0.188. The van der Waals surface area contributed by atoms with Crippen molar-refractivity contribution in [3.05, 3.63) is 41.6 Å². The highest BCUT2D eigenvalue weighted by Gasteiger charge is 2.18. The first-order valence-electron chi connectivity index (χ1n) is 7.01. The third kappa shape index (κ3) is 2.39. The van der Waals surface area contributed by atoms with E-state index in [0.717, 1.165) is 17.7 Å². The maximum Gasteiger partial charge on any atom is 0.336 e. The molecular formula is C16H15N3O3. The number of phenols is 1. The molecule has 0 atom stereocenters. The van der Waals surface area contributed by atoms with Gasteiger partial charge in [-0.25, -0.2) is 9.78 Å². The Labute approximate surface area is 126 Å². The maximum atomic E-state index is 11.6. The van der Waals surface area contributed by atoms with Crippen LogP contribution in [0.25, 0.3) is 22.3 Å². The van der Waals surface area contributed by atoms with Crippen molar-refractivity contribution in [2.45, 2.75) is 19.8 Å². The number of aromatic nitrogens is 3. The highest BCUT2D eigenvalue weighted by Crippen LogP contribution is 2.27. The molecule has 2 aromatic heterocycles. The predicted octanol–water partition coefficient (Wildman–Crippen LogP) is 2.98. The molecule has 6 nitrogen and oxygen atoms in total.